The fourth-order valence-corrected chi connectivity index (χ4v) is 2.91. The number of benzene rings is 2. The second-order valence-corrected chi connectivity index (χ2v) is 6.54. The highest BCUT2D eigenvalue weighted by atomic mass is 19.1. The first-order chi connectivity index (χ1) is 14.0. The van der Waals surface area contributed by atoms with Gasteiger partial charge in [-0.15, -0.1) is 0 Å². The van der Waals surface area contributed by atoms with Crippen LogP contribution in [0.5, 0.6) is 0 Å². The Morgan fingerprint density at radius 2 is 1.83 bits per heavy atom. The molecule has 0 spiro atoms. The van der Waals surface area contributed by atoms with Gasteiger partial charge in [-0.25, -0.2) is 4.39 Å². The van der Waals surface area contributed by atoms with Crippen LogP contribution in [0.4, 0.5) is 4.39 Å². The molecule has 150 valence electrons. The Labute approximate surface area is 166 Å². The van der Waals surface area contributed by atoms with E-state index in [4.69, 9.17) is 9.63 Å². The third-order valence-electron chi connectivity index (χ3n) is 4.26. The van der Waals surface area contributed by atoms with E-state index in [9.17, 15) is 14.0 Å². The molecule has 0 bridgehead atoms. The van der Waals surface area contributed by atoms with Gasteiger partial charge in [-0.1, -0.05) is 47.6 Å². The summed E-state index contributed by atoms with van der Waals surface area (Å²) < 4.78 is 18.9. The molecule has 3 rings (SSSR count). The van der Waals surface area contributed by atoms with Crippen LogP contribution in [-0.2, 0) is 22.4 Å². The van der Waals surface area contributed by atoms with Crippen LogP contribution >= 0.6 is 0 Å². The van der Waals surface area contributed by atoms with Crippen molar-refractivity contribution < 1.29 is 23.6 Å². The van der Waals surface area contributed by atoms with Gasteiger partial charge in [0.25, 0.3) is 0 Å². The van der Waals surface area contributed by atoms with Gasteiger partial charge in [0.1, 0.15) is 5.82 Å². The van der Waals surface area contributed by atoms with Crippen molar-refractivity contribution in [1.82, 2.24) is 15.5 Å². The number of hydrogen-bond acceptors (Lipinski definition) is 5. The zero-order chi connectivity index (χ0) is 20.6. The Balaban J connectivity index is 1.56. The van der Waals surface area contributed by atoms with Gasteiger partial charge in [0.05, 0.1) is 12.0 Å². The standard InChI is InChI=1S/C21H20FN3O4/c22-17-9-5-4-8-16(17)21-24-19(29-25-21)11-10-18(26)23-15(13-20(27)28)12-14-6-2-1-3-7-14/h1-9,15H,10-13H2,(H,23,26)(H,27,28). The van der Waals surface area contributed by atoms with Crippen LogP contribution in [0.15, 0.2) is 59.1 Å². The molecule has 1 atom stereocenters. The average molecular weight is 397 g/mol. The Morgan fingerprint density at radius 3 is 2.55 bits per heavy atom. The van der Waals surface area contributed by atoms with Gasteiger partial charge in [0, 0.05) is 18.9 Å². The maximum absolute atomic E-state index is 13.8. The number of amides is 1. The van der Waals surface area contributed by atoms with Crippen molar-refractivity contribution in [1.29, 1.82) is 0 Å². The quantitative estimate of drug-likeness (QED) is 0.575. The van der Waals surface area contributed by atoms with Crippen molar-refractivity contribution in [3.05, 3.63) is 71.9 Å². The molecular formula is C21H20FN3O4. The van der Waals surface area contributed by atoms with Crippen LogP contribution in [0.2, 0.25) is 0 Å². The molecule has 2 N–H and O–H groups in total. The molecule has 0 saturated heterocycles. The summed E-state index contributed by atoms with van der Waals surface area (Å²) in [5.41, 5.74) is 1.15. The lowest BCUT2D eigenvalue weighted by Gasteiger charge is -2.17. The van der Waals surface area contributed by atoms with Gasteiger partial charge < -0.3 is 14.9 Å². The number of carbonyl (C=O) groups excluding carboxylic acids is 1. The lowest BCUT2D eigenvalue weighted by Crippen LogP contribution is -2.38. The highest BCUT2D eigenvalue weighted by Crippen LogP contribution is 2.19. The first-order valence-corrected chi connectivity index (χ1v) is 9.14. The zero-order valence-corrected chi connectivity index (χ0v) is 15.5. The second kappa shape index (κ2) is 9.59. The van der Waals surface area contributed by atoms with Crippen LogP contribution < -0.4 is 5.32 Å². The number of aryl methyl sites for hydroxylation is 1. The summed E-state index contributed by atoms with van der Waals surface area (Å²) in [5.74, 6) is -1.45. The van der Waals surface area contributed by atoms with Gasteiger partial charge in [-0.05, 0) is 24.1 Å². The maximum Gasteiger partial charge on any atom is 0.305 e. The van der Waals surface area contributed by atoms with Crippen LogP contribution in [0.25, 0.3) is 11.4 Å². The molecule has 1 heterocycles. The Bertz CT molecular complexity index is 975. The smallest absolute Gasteiger partial charge is 0.305 e. The molecule has 1 aromatic heterocycles. The van der Waals surface area contributed by atoms with E-state index in [1.165, 1.54) is 12.1 Å². The molecule has 0 saturated carbocycles. The molecule has 0 fully saturated rings. The molecule has 1 amide bonds. The van der Waals surface area contributed by atoms with Crippen molar-refractivity contribution in [2.45, 2.75) is 31.7 Å². The summed E-state index contributed by atoms with van der Waals surface area (Å²) in [7, 11) is 0. The molecule has 0 aliphatic rings. The summed E-state index contributed by atoms with van der Waals surface area (Å²) in [5, 5.41) is 15.6. The molecule has 0 aliphatic heterocycles. The molecule has 29 heavy (non-hydrogen) atoms. The minimum absolute atomic E-state index is 0.0455. The molecule has 3 aromatic rings. The maximum atomic E-state index is 13.8. The highest BCUT2D eigenvalue weighted by Gasteiger charge is 2.18. The second-order valence-electron chi connectivity index (χ2n) is 6.54. The summed E-state index contributed by atoms with van der Waals surface area (Å²) in [6.45, 7) is 0. The highest BCUT2D eigenvalue weighted by molar-refractivity contribution is 5.77. The Hall–Kier alpha value is -3.55. The van der Waals surface area contributed by atoms with E-state index in [-0.39, 0.29) is 42.4 Å². The number of rotatable bonds is 9. The summed E-state index contributed by atoms with van der Waals surface area (Å²) >= 11 is 0. The van der Waals surface area contributed by atoms with E-state index in [0.717, 1.165) is 5.56 Å². The van der Waals surface area contributed by atoms with Gasteiger partial charge in [-0.3, -0.25) is 9.59 Å². The predicted octanol–water partition coefficient (Wildman–Crippen LogP) is 3.01. The lowest BCUT2D eigenvalue weighted by molar-refractivity contribution is -0.137. The number of nitrogens with zero attached hydrogens (tertiary/aromatic N) is 2. The molecule has 1 unspecified atom stereocenters. The van der Waals surface area contributed by atoms with Crippen molar-refractivity contribution in [2.75, 3.05) is 0 Å². The van der Waals surface area contributed by atoms with Crippen molar-refractivity contribution >= 4 is 11.9 Å². The number of carboxylic acid groups (broad SMARTS) is 1. The van der Waals surface area contributed by atoms with E-state index in [1.807, 2.05) is 30.3 Å². The molecular weight excluding hydrogens is 377 g/mol. The number of hydrogen-bond donors (Lipinski definition) is 2. The first kappa shape index (κ1) is 20.2. The number of halogens is 1. The Morgan fingerprint density at radius 1 is 1.10 bits per heavy atom. The molecule has 2 aromatic carbocycles. The van der Waals surface area contributed by atoms with E-state index < -0.39 is 17.8 Å². The molecule has 0 aliphatic carbocycles. The topological polar surface area (TPSA) is 105 Å². The minimum Gasteiger partial charge on any atom is -0.481 e. The lowest BCUT2D eigenvalue weighted by atomic mass is 10.0. The van der Waals surface area contributed by atoms with Gasteiger partial charge in [0.15, 0.2) is 0 Å². The van der Waals surface area contributed by atoms with Gasteiger partial charge >= 0.3 is 5.97 Å². The van der Waals surface area contributed by atoms with E-state index in [0.29, 0.717) is 6.42 Å². The van der Waals surface area contributed by atoms with Gasteiger partial charge in [-0.2, -0.15) is 4.98 Å². The summed E-state index contributed by atoms with van der Waals surface area (Å²) in [4.78, 5) is 27.5. The third kappa shape index (κ3) is 5.97. The van der Waals surface area contributed by atoms with Gasteiger partial charge in [0.2, 0.25) is 17.6 Å². The fourth-order valence-electron chi connectivity index (χ4n) is 2.91. The number of carboxylic acids is 1. The van der Waals surface area contributed by atoms with E-state index in [2.05, 4.69) is 15.5 Å². The number of aromatic nitrogens is 2. The average Bonchev–Trinajstić information content (AvgIpc) is 3.16. The van der Waals surface area contributed by atoms with Crippen molar-refractivity contribution in [3.8, 4) is 11.4 Å². The minimum atomic E-state index is -0.988. The van der Waals surface area contributed by atoms with Crippen molar-refractivity contribution in [2.24, 2.45) is 0 Å². The third-order valence-corrected chi connectivity index (χ3v) is 4.26. The molecule has 8 heteroatoms. The number of nitrogens with one attached hydrogen (secondary N) is 1. The van der Waals surface area contributed by atoms with E-state index in [1.54, 1.807) is 12.1 Å². The van der Waals surface area contributed by atoms with Crippen LogP contribution in [0, 0.1) is 5.82 Å². The largest absolute Gasteiger partial charge is 0.481 e. The molecule has 7 nitrogen and oxygen atoms in total. The number of aliphatic carboxylic acids is 1. The van der Waals surface area contributed by atoms with Crippen LogP contribution in [0.3, 0.4) is 0 Å². The Kier molecular flexibility index (Phi) is 6.67. The summed E-state index contributed by atoms with van der Waals surface area (Å²) in [6.07, 6.45) is 0.442. The van der Waals surface area contributed by atoms with E-state index >= 15 is 0 Å². The number of carbonyl (C=O) groups is 2. The SMILES string of the molecule is O=C(O)CC(Cc1ccccc1)NC(=O)CCc1nc(-c2ccccc2F)no1. The normalized spacial score (nSPS) is 11.8. The first-order valence-electron chi connectivity index (χ1n) is 9.14. The van der Waals surface area contributed by atoms with Crippen molar-refractivity contribution in [3.63, 3.8) is 0 Å². The van der Waals surface area contributed by atoms with Crippen LogP contribution in [0.1, 0.15) is 24.3 Å². The van der Waals surface area contributed by atoms with Crippen LogP contribution in [-0.4, -0.2) is 33.2 Å². The predicted molar refractivity (Wildman–Crippen MR) is 102 cm³/mol. The summed E-state index contributed by atoms with van der Waals surface area (Å²) in [6, 6.07) is 14.9. The monoisotopic (exact) mass is 397 g/mol. The molecule has 0 radical (unpaired) electrons. The zero-order valence-electron chi connectivity index (χ0n) is 15.5. The fraction of sp³-hybridized carbons (Fsp3) is 0.238.